The largest absolute Gasteiger partial charge is 0.502 e. The van der Waals surface area contributed by atoms with E-state index in [2.05, 4.69) is 0 Å². The first kappa shape index (κ1) is 16.3. The van der Waals surface area contributed by atoms with E-state index < -0.39 is 32.5 Å². The van der Waals surface area contributed by atoms with Gasteiger partial charge in [0.2, 0.25) is 10.0 Å². The summed E-state index contributed by atoms with van der Waals surface area (Å²) >= 11 is 0. The summed E-state index contributed by atoms with van der Waals surface area (Å²) < 4.78 is 25.3. The van der Waals surface area contributed by atoms with Crippen LogP contribution in [0.25, 0.3) is 0 Å². The number of rotatable bonds is 6. The van der Waals surface area contributed by atoms with Crippen LogP contribution < -0.4 is 0 Å². The second-order valence-corrected chi connectivity index (χ2v) is 6.42. The highest BCUT2D eigenvalue weighted by atomic mass is 32.2. The number of nitrogens with zero attached hydrogens (tertiary/aromatic N) is 2. The molecular weight excluding hydrogens is 288 g/mol. The van der Waals surface area contributed by atoms with E-state index in [9.17, 15) is 23.6 Å². The molecule has 112 valence electrons. The van der Waals surface area contributed by atoms with Gasteiger partial charge < -0.3 is 10.2 Å². The Balaban J connectivity index is 3.09. The molecule has 0 aliphatic rings. The third kappa shape index (κ3) is 3.65. The molecule has 0 saturated carbocycles. The monoisotopic (exact) mass is 304 g/mol. The average molecular weight is 304 g/mol. The average Bonchev–Trinajstić information content (AvgIpc) is 2.35. The van der Waals surface area contributed by atoms with Crippen molar-refractivity contribution in [3.05, 3.63) is 28.3 Å². The van der Waals surface area contributed by atoms with Gasteiger partial charge in [-0.1, -0.05) is 0 Å². The summed E-state index contributed by atoms with van der Waals surface area (Å²) in [4.78, 5) is 9.55. The van der Waals surface area contributed by atoms with Crippen molar-refractivity contribution < 1.29 is 23.6 Å². The number of sulfonamides is 1. The Bertz CT molecular complexity index is 599. The number of hydrogen-bond donors (Lipinski definition) is 2. The Hall–Kier alpha value is -1.71. The number of aromatic hydroxyl groups is 1. The Morgan fingerprint density at radius 2 is 2.05 bits per heavy atom. The molecular formula is C11H16N2O6S. The maximum absolute atomic E-state index is 12.2. The van der Waals surface area contributed by atoms with Crippen molar-refractivity contribution in [2.75, 3.05) is 13.6 Å². The lowest BCUT2D eigenvalue weighted by atomic mass is 10.3. The molecule has 2 N–H and O–H groups in total. The summed E-state index contributed by atoms with van der Waals surface area (Å²) in [6, 6.07) is 2.87. The van der Waals surface area contributed by atoms with Crippen molar-refractivity contribution in [2.24, 2.45) is 0 Å². The maximum Gasteiger partial charge on any atom is 0.312 e. The maximum atomic E-state index is 12.2. The van der Waals surface area contributed by atoms with Crippen molar-refractivity contribution in [1.82, 2.24) is 4.31 Å². The van der Waals surface area contributed by atoms with Crippen molar-refractivity contribution in [1.29, 1.82) is 0 Å². The summed E-state index contributed by atoms with van der Waals surface area (Å²) in [5.41, 5.74) is -0.671. The van der Waals surface area contributed by atoms with Crippen molar-refractivity contribution in [2.45, 2.75) is 24.3 Å². The third-order valence-corrected chi connectivity index (χ3v) is 4.57. The van der Waals surface area contributed by atoms with E-state index in [4.69, 9.17) is 5.11 Å². The molecule has 0 saturated heterocycles. The minimum Gasteiger partial charge on any atom is -0.502 e. The zero-order valence-electron chi connectivity index (χ0n) is 11.1. The lowest BCUT2D eigenvalue weighted by Gasteiger charge is -2.17. The summed E-state index contributed by atoms with van der Waals surface area (Å²) in [6.07, 6.45) is -0.405. The summed E-state index contributed by atoms with van der Waals surface area (Å²) in [5, 5.41) is 29.1. The Labute approximate surface area is 116 Å². The fourth-order valence-corrected chi connectivity index (χ4v) is 2.68. The van der Waals surface area contributed by atoms with E-state index in [-0.39, 0.29) is 17.9 Å². The highest BCUT2D eigenvalue weighted by molar-refractivity contribution is 7.89. The van der Waals surface area contributed by atoms with Gasteiger partial charge in [-0.05, 0) is 25.5 Å². The molecule has 1 atom stereocenters. The van der Waals surface area contributed by atoms with Crippen LogP contribution in [0.3, 0.4) is 0 Å². The lowest BCUT2D eigenvalue weighted by molar-refractivity contribution is -0.386. The van der Waals surface area contributed by atoms with E-state index in [1.165, 1.54) is 14.0 Å². The SMILES string of the molecule is CC(O)CCN(C)S(=O)(=O)c1ccc(O)c([N+](=O)[O-])c1. The first-order valence-corrected chi connectivity index (χ1v) is 7.22. The molecule has 0 aliphatic heterocycles. The van der Waals surface area contributed by atoms with Gasteiger partial charge >= 0.3 is 5.69 Å². The van der Waals surface area contributed by atoms with E-state index in [1.54, 1.807) is 0 Å². The molecule has 0 amide bonds. The van der Waals surface area contributed by atoms with Crippen molar-refractivity contribution >= 4 is 15.7 Å². The van der Waals surface area contributed by atoms with E-state index in [0.29, 0.717) is 0 Å². The second-order valence-electron chi connectivity index (χ2n) is 4.37. The van der Waals surface area contributed by atoms with Crippen LogP contribution in [0, 0.1) is 10.1 Å². The fraction of sp³-hybridized carbons (Fsp3) is 0.455. The van der Waals surface area contributed by atoms with Gasteiger partial charge in [-0.3, -0.25) is 10.1 Å². The summed E-state index contributed by atoms with van der Waals surface area (Å²) in [6.45, 7) is 1.61. The van der Waals surface area contributed by atoms with Gasteiger partial charge in [0.15, 0.2) is 5.75 Å². The molecule has 0 heterocycles. The van der Waals surface area contributed by atoms with Gasteiger partial charge in [-0.25, -0.2) is 12.7 Å². The van der Waals surface area contributed by atoms with Crippen LogP contribution in [0.4, 0.5) is 5.69 Å². The van der Waals surface area contributed by atoms with Crippen LogP contribution in [0.1, 0.15) is 13.3 Å². The standard InChI is InChI=1S/C11H16N2O6S/c1-8(14)5-6-12(2)20(18,19)9-3-4-11(15)10(7-9)13(16)17/h3-4,7-8,14-15H,5-6H2,1-2H3. The second kappa shape index (κ2) is 6.16. The fourth-order valence-electron chi connectivity index (χ4n) is 1.48. The van der Waals surface area contributed by atoms with Gasteiger partial charge in [0.25, 0.3) is 0 Å². The number of phenolic OH excluding ortho intramolecular Hbond substituents is 1. The highest BCUT2D eigenvalue weighted by Gasteiger charge is 2.25. The zero-order valence-corrected chi connectivity index (χ0v) is 11.9. The predicted molar refractivity (Wildman–Crippen MR) is 70.9 cm³/mol. The van der Waals surface area contributed by atoms with Crippen LogP contribution >= 0.6 is 0 Å². The smallest absolute Gasteiger partial charge is 0.312 e. The van der Waals surface area contributed by atoms with Crippen LogP contribution in [0.2, 0.25) is 0 Å². The van der Waals surface area contributed by atoms with Crippen LogP contribution in [-0.2, 0) is 10.0 Å². The summed E-state index contributed by atoms with van der Waals surface area (Å²) in [7, 11) is -2.58. The minimum atomic E-state index is -3.90. The molecule has 0 radical (unpaired) electrons. The molecule has 0 fully saturated rings. The van der Waals surface area contributed by atoms with Gasteiger partial charge in [0, 0.05) is 19.7 Å². The van der Waals surface area contributed by atoms with E-state index >= 15 is 0 Å². The van der Waals surface area contributed by atoms with Crippen LogP contribution in [-0.4, -0.2) is 47.6 Å². The molecule has 0 aliphatic carbocycles. The van der Waals surface area contributed by atoms with E-state index in [1.807, 2.05) is 0 Å². The number of aliphatic hydroxyl groups is 1. The lowest BCUT2D eigenvalue weighted by Crippen LogP contribution is -2.29. The Morgan fingerprint density at radius 3 is 2.55 bits per heavy atom. The number of aliphatic hydroxyl groups excluding tert-OH is 1. The van der Waals surface area contributed by atoms with Crippen LogP contribution in [0.5, 0.6) is 5.75 Å². The van der Waals surface area contributed by atoms with Gasteiger partial charge in [0.05, 0.1) is 15.9 Å². The third-order valence-electron chi connectivity index (χ3n) is 2.71. The Morgan fingerprint density at radius 1 is 1.45 bits per heavy atom. The van der Waals surface area contributed by atoms with Crippen molar-refractivity contribution in [3.63, 3.8) is 0 Å². The zero-order chi connectivity index (χ0) is 15.5. The number of benzene rings is 1. The molecule has 8 nitrogen and oxygen atoms in total. The van der Waals surface area contributed by atoms with E-state index in [0.717, 1.165) is 22.5 Å². The van der Waals surface area contributed by atoms with Gasteiger partial charge in [0.1, 0.15) is 0 Å². The molecule has 1 unspecified atom stereocenters. The van der Waals surface area contributed by atoms with Gasteiger partial charge in [-0.15, -0.1) is 0 Å². The normalized spacial score (nSPS) is 13.4. The quantitative estimate of drug-likeness (QED) is 0.589. The number of nitro groups is 1. The molecule has 1 aromatic rings. The molecule has 0 bridgehead atoms. The molecule has 1 aromatic carbocycles. The topological polar surface area (TPSA) is 121 Å². The number of nitro benzene ring substituents is 1. The molecule has 0 spiro atoms. The van der Waals surface area contributed by atoms with Crippen LogP contribution in [0.15, 0.2) is 23.1 Å². The number of phenols is 1. The molecule has 20 heavy (non-hydrogen) atoms. The highest BCUT2D eigenvalue weighted by Crippen LogP contribution is 2.29. The van der Waals surface area contributed by atoms with Gasteiger partial charge in [-0.2, -0.15) is 0 Å². The van der Waals surface area contributed by atoms with Crippen molar-refractivity contribution in [3.8, 4) is 5.75 Å². The molecule has 0 aromatic heterocycles. The number of hydrogen-bond acceptors (Lipinski definition) is 6. The molecule has 1 rings (SSSR count). The minimum absolute atomic E-state index is 0.0780. The predicted octanol–water partition coefficient (Wildman–Crippen LogP) is 0.692. The first-order valence-electron chi connectivity index (χ1n) is 5.78. The first-order chi connectivity index (χ1) is 9.16. The molecule has 9 heteroatoms. The summed E-state index contributed by atoms with van der Waals surface area (Å²) in [5.74, 6) is -0.597. The Kier molecular flexibility index (Phi) is 5.03.